The summed E-state index contributed by atoms with van der Waals surface area (Å²) in [6.07, 6.45) is 2.27. The van der Waals surface area contributed by atoms with Crippen molar-refractivity contribution < 1.29 is 13.9 Å². The summed E-state index contributed by atoms with van der Waals surface area (Å²) in [4.78, 5) is 2.40. The zero-order valence-electron chi connectivity index (χ0n) is 12.9. The first-order valence-electron chi connectivity index (χ1n) is 7.67. The monoisotopic (exact) mass is 330 g/mol. The number of nitrogens with zero attached hydrogens (tertiary/aromatic N) is 2. The summed E-state index contributed by atoms with van der Waals surface area (Å²) < 4.78 is 25.6. The highest BCUT2D eigenvalue weighted by Crippen LogP contribution is 2.32. The molecule has 1 aliphatic rings. The summed E-state index contributed by atoms with van der Waals surface area (Å²) >= 11 is 0. The lowest BCUT2D eigenvalue weighted by Crippen LogP contribution is -2.23. The first kappa shape index (κ1) is 15.7. The Morgan fingerprint density at radius 1 is 1.04 bits per heavy atom. The van der Waals surface area contributed by atoms with E-state index in [9.17, 15) is 8.42 Å². The molecule has 6 heteroatoms. The van der Waals surface area contributed by atoms with Gasteiger partial charge < -0.3 is 4.90 Å². The Hall–Kier alpha value is -2.21. The van der Waals surface area contributed by atoms with Gasteiger partial charge in [0.05, 0.1) is 5.75 Å². The molecule has 0 saturated carbocycles. The number of nitrogens with two attached hydrogens (primary N) is 1. The van der Waals surface area contributed by atoms with Crippen LogP contribution in [-0.2, 0) is 15.6 Å². The van der Waals surface area contributed by atoms with Gasteiger partial charge >= 0.3 is 0 Å². The summed E-state index contributed by atoms with van der Waals surface area (Å²) in [7, 11) is -3.51. The zero-order chi connectivity index (χ0) is 16.3. The summed E-state index contributed by atoms with van der Waals surface area (Å²) in [6.45, 7) is 1.91. The molecule has 0 unspecified atom stereocenters. The molecule has 0 aliphatic carbocycles. The lowest BCUT2D eigenvalue weighted by molar-refractivity contribution is -0.210. The highest BCUT2D eigenvalue weighted by atomic mass is 32.2. The molecule has 2 N–H and O–H groups in total. The molecule has 23 heavy (non-hydrogen) atoms. The van der Waals surface area contributed by atoms with Gasteiger partial charge in [-0.2, -0.15) is 5.53 Å². The van der Waals surface area contributed by atoms with Crippen molar-refractivity contribution in [3.63, 3.8) is 0 Å². The van der Waals surface area contributed by atoms with Crippen molar-refractivity contribution in [2.75, 3.05) is 18.0 Å². The number of benzene rings is 2. The maximum absolute atomic E-state index is 12.8. The van der Waals surface area contributed by atoms with E-state index in [0.29, 0.717) is 5.69 Å². The Morgan fingerprint density at radius 3 is 2.39 bits per heavy atom. The van der Waals surface area contributed by atoms with Gasteiger partial charge in [-0.3, -0.25) is 0 Å². The van der Waals surface area contributed by atoms with Crippen LogP contribution in [0.3, 0.4) is 0 Å². The van der Waals surface area contributed by atoms with E-state index < -0.39 is 9.84 Å². The van der Waals surface area contributed by atoms with E-state index in [-0.39, 0.29) is 10.6 Å². The van der Waals surface area contributed by atoms with Gasteiger partial charge in [-0.15, -0.1) is 0 Å². The third-order valence-electron chi connectivity index (χ3n) is 4.09. The number of anilines is 1. The van der Waals surface area contributed by atoms with Gasteiger partial charge in [-0.25, -0.2) is 8.42 Å². The smallest absolute Gasteiger partial charge is 0.184 e. The Morgan fingerprint density at radius 2 is 1.74 bits per heavy atom. The molecule has 2 aromatic rings. The second-order valence-electron chi connectivity index (χ2n) is 5.72. The standard InChI is InChI=1S/C17H19N3O2S/c18-19-16-9-8-15(20-10-4-5-11-20)12-17(16)23(21,22)13-14-6-2-1-3-7-14/h1-3,6-9,12,18H,4-5,10-11,13H2/p+1. The quantitative estimate of drug-likeness (QED) is 0.853. The Kier molecular flexibility index (Phi) is 4.43. The first-order chi connectivity index (χ1) is 11.1. The van der Waals surface area contributed by atoms with Crippen molar-refractivity contribution in [1.29, 1.82) is 0 Å². The van der Waals surface area contributed by atoms with Crippen LogP contribution < -0.4 is 10.4 Å². The van der Waals surface area contributed by atoms with Crippen molar-refractivity contribution in [2.24, 2.45) is 5.11 Å². The molecule has 2 aromatic carbocycles. The van der Waals surface area contributed by atoms with Crippen LogP contribution in [0.4, 0.5) is 11.4 Å². The molecule has 120 valence electrons. The van der Waals surface area contributed by atoms with Crippen LogP contribution in [0.5, 0.6) is 0 Å². The van der Waals surface area contributed by atoms with Crippen molar-refractivity contribution in [1.82, 2.24) is 0 Å². The summed E-state index contributed by atoms with van der Waals surface area (Å²) in [5.41, 5.74) is 7.37. The average molecular weight is 330 g/mol. The molecule has 0 aromatic heterocycles. The highest BCUT2D eigenvalue weighted by Gasteiger charge is 2.23. The van der Waals surface area contributed by atoms with Gasteiger partial charge in [0, 0.05) is 18.8 Å². The molecule has 1 aliphatic heterocycles. The molecule has 0 radical (unpaired) electrons. The van der Waals surface area contributed by atoms with Crippen LogP contribution in [0.25, 0.3) is 0 Å². The first-order valence-corrected chi connectivity index (χ1v) is 9.32. The predicted octanol–water partition coefficient (Wildman–Crippen LogP) is 2.10. The normalized spacial score (nSPS) is 14.9. The predicted molar refractivity (Wildman–Crippen MR) is 89.2 cm³/mol. The molecule has 0 atom stereocenters. The van der Waals surface area contributed by atoms with Crippen molar-refractivity contribution in [3.8, 4) is 0 Å². The van der Waals surface area contributed by atoms with Crippen LogP contribution in [-0.4, -0.2) is 21.5 Å². The van der Waals surface area contributed by atoms with Gasteiger partial charge in [0.1, 0.15) is 10.6 Å². The van der Waals surface area contributed by atoms with E-state index in [1.54, 1.807) is 24.3 Å². The van der Waals surface area contributed by atoms with E-state index in [1.165, 1.54) is 0 Å². The fraction of sp³-hybridized carbons (Fsp3) is 0.294. The molecular formula is C17H20N3O2S+. The van der Waals surface area contributed by atoms with E-state index in [2.05, 4.69) is 10.0 Å². The van der Waals surface area contributed by atoms with E-state index in [0.717, 1.165) is 37.2 Å². The topological polar surface area (TPSA) is 75.3 Å². The van der Waals surface area contributed by atoms with E-state index in [1.807, 2.05) is 24.3 Å². The maximum atomic E-state index is 12.8. The molecule has 1 saturated heterocycles. The van der Waals surface area contributed by atoms with Gasteiger partial charge in [0.25, 0.3) is 0 Å². The number of rotatable bonds is 5. The number of hydrogen-bond donors (Lipinski definition) is 1. The molecule has 1 fully saturated rings. The van der Waals surface area contributed by atoms with Gasteiger partial charge in [0.15, 0.2) is 9.84 Å². The zero-order valence-corrected chi connectivity index (χ0v) is 13.7. The second-order valence-corrected chi connectivity index (χ2v) is 7.68. The lowest BCUT2D eigenvalue weighted by atomic mass is 10.2. The summed E-state index contributed by atoms with van der Waals surface area (Å²) in [5, 5.41) is 3.65. The van der Waals surface area contributed by atoms with Crippen LogP contribution in [0, 0.1) is 0 Å². The Labute approximate surface area is 136 Å². The third kappa shape index (κ3) is 3.42. The molecule has 1 heterocycles. The molecule has 3 rings (SSSR count). The number of sulfone groups is 1. The van der Waals surface area contributed by atoms with Gasteiger partial charge in [-0.05, 0) is 41.7 Å². The van der Waals surface area contributed by atoms with Crippen molar-refractivity contribution in [3.05, 3.63) is 54.1 Å². The molecule has 0 amide bonds. The summed E-state index contributed by atoms with van der Waals surface area (Å²) in [6, 6.07) is 14.4. The maximum Gasteiger partial charge on any atom is 0.184 e. The van der Waals surface area contributed by atoms with Crippen LogP contribution in [0.1, 0.15) is 18.4 Å². The third-order valence-corrected chi connectivity index (χ3v) is 5.80. The molecule has 0 bridgehead atoms. The fourth-order valence-electron chi connectivity index (χ4n) is 2.90. The Bertz CT molecular complexity index is 798. The van der Waals surface area contributed by atoms with E-state index in [4.69, 9.17) is 5.53 Å². The largest absolute Gasteiger partial charge is 0.371 e. The SMILES string of the molecule is [NH2+]=Nc1ccc(N2CCCC2)cc1S(=O)(=O)Cc1ccccc1. The van der Waals surface area contributed by atoms with Crippen molar-refractivity contribution >= 4 is 21.2 Å². The average Bonchev–Trinajstić information content (AvgIpc) is 3.09. The molecule has 5 nitrogen and oxygen atoms in total. The van der Waals surface area contributed by atoms with Crippen LogP contribution in [0.15, 0.2) is 58.5 Å². The molecular weight excluding hydrogens is 310 g/mol. The van der Waals surface area contributed by atoms with E-state index >= 15 is 0 Å². The summed E-state index contributed by atoms with van der Waals surface area (Å²) in [5.74, 6) is -0.0557. The Balaban J connectivity index is 1.98. The minimum atomic E-state index is -3.51. The van der Waals surface area contributed by atoms with Crippen LogP contribution >= 0.6 is 0 Å². The number of hydrogen-bond acceptors (Lipinski definition) is 4. The van der Waals surface area contributed by atoms with Gasteiger partial charge in [-0.1, -0.05) is 30.3 Å². The fourth-order valence-corrected chi connectivity index (χ4v) is 4.43. The minimum Gasteiger partial charge on any atom is -0.371 e. The highest BCUT2D eigenvalue weighted by molar-refractivity contribution is 7.90. The second kappa shape index (κ2) is 6.50. The van der Waals surface area contributed by atoms with Crippen molar-refractivity contribution in [2.45, 2.75) is 23.5 Å². The lowest BCUT2D eigenvalue weighted by Gasteiger charge is -2.18. The minimum absolute atomic E-state index is 0.0557. The van der Waals surface area contributed by atoms with Gasteiger partial charge in [0.2, 0.25) is 0 Å². The van der Waals surface area contributed by atoms with Crippen LogP contribution in [0.2, 0.25) is 0 Å². The molecule has 0 spiro atoms.